The topological polar surface area (TPSA) is 27.7 Å². The van der Waals surface area contributed by atoms with Crippen molar-refractivity contribution in [2.75, 3.05) is 13.2 Å². The quantitative estimate of drug-likeness (QED) is 0.647. The highest BCUT2D eigenvalue weighted by Crippen LogP contribution is 2.25. The van der Waals surface area contributed by atoms with E-state index in [0.29, 0.717) is 13.2 Å². The molecule has 0 aromatic carbocycles. The van der Waals surface area contributed by atoms with Crippen LogP contribution in [0.4, 0.5) is 0 Å². The Hall–Kier alpha value is -0.120. The van der Waals surface area contributed by atoms with Gasteiger partial charge in [-0.1, -0.05) is 20.8 Å². The molecule has 2 unspecified atom stereocenters. The van der Waals surface area contributed by atoms with Gasteiger partial charge in [-0.05, 0) is 46.5 Å². The van der Waals surface area contributed by atoms with Gasteiger partial charge < -0.3 is 14.2 Å². The Morgan fingerprint density at radius 1 is 0.944 bits per heavy atom. The van der Waals surface area contributed by atoms with E-state index in [-0.39, 0.29) is 23.4 Å². The standard InChI is InChI=1S/C15H32O3/c1-9-16-12(2)17-11-13(10-14(3,4)5)18-15(6,7)8/h12-13H,9-11H2,1-8H3. The van der Waals surface area contributed by atoms with Crippen LogP contribution in [0, 0.1) is 5.41 Å². The van der Waals surface area contributed by atoms with Gasteiger partial charge in [0.2, 0.25) is 0 Å². The molecule has 110 valence electrons. The molecular formula is C15H32O3. The third-order valence-electron chi connectivity index (χ3n) is 2.28. The summed E-state index contributed by atoms with van der Waals surface area (Å²) in [6.45, 7) is 18.0. The highest BCUT2D eigenvalue weighted by molar-refractivity contribution is 4.73. The van der Waals surface area contributed by atoms with Crippen molar-refractivity contribution in [2.24, 2.45) is 5.41 Å². The minimum absolute atomic E-state index is 0.105. The predicted molar refractivity (Wildman–Crippen MR) is 75.7 cm³/mol. The van der Waals surface area contributed by atoms with Crippen LogP contribution in [-0.2, 0) is 14.2 Å². The summed E-state index contributed by atoms with van der Waals surface area (Å²) in [6, 6.07) is 0. The predicted octanol–water partition coefficient (Wildman–Crippen LogP) is 4.01. The van der Waals surface area contributed by atoms with Crippen molar-refractivity contribution in [1.82, 2.24) is 0 Å². The number of ether oxygens (including phenoxy) is 3. The first-order chi connectivity index (χ1) is 8.03. The molecule has 0 aliphatic heterocycles. The van der Waals surface area contributed by atoms with E-state index in [0.717, 1.165) is 6.42 Å². The molecule has 2 atom stereocenters. The van der Waals surface area contributed by atoms with Crippen molar-refractivity contribution in [1.29, 1.82) is 0 Å². The van der Waals surface area contributed by atoms with Crippen molar-refractivity contribution in [3.8, 4) is 0 Å². The molecule has 0 saturated heterocycles. The van der Waals surface area contributed by atoms with Gasteiger partial charge in [-0.3, -0.25) is 0 Å². The second kappa shape index (κ2) is 7.46. The molecule has 0 fully saturated rings. The van der Waals surface area contributed by atoms with Gasteiger partial charge in [0.05, 0.1) is 18.3 Å². The van der Waals surface area contributed by atoms with Gasteiger partial charge in [0.15, 0.2) is 6.29 Å². The summed E-state index contributed by atoms with van der Waals surface area (Å²) >= 11 is 0. The molecule has 0 N–H and O–H groups in total. The molecule has 0 amide bonds. The largest absolute Gasteiger partial charge is 0.370 e. The average Bonchev–Trinajstić information content (AvgIpc) is 2.09. The Kier molecular flexibility index (Phi) is 7.41. The maximum absolute atomic E-state index is 6.06. The van der Waals surface area contributed by atoms with E-state index < -0.39 is 0 Å². The Bertz CT molecular complexity index is 197. The van der Waals surface area contributed by atoms with Gasteiger partial charge in [-0.15, -0.1) is 0 Å². The van der Waals surface area contributed by atoms with Gasteiger partial charge in [0, 0.05) is 6.61 Å². The minimum Gasteiger partial charge on any atom is -0.370 e. The van der Waals surface area contributed by atoms with Crippen molar-refractivity contribution < 1.29 is 14.2 Å². The lowest BCUT2D eigenvalue weighted by Crippen LogP contribution is -2.35. The van der Waals surface area contributed by atoms with Crippen LogP contribution in [0.3, 0.4) is 0 Å². The second-order valence-corrected chi connectivity index (χ2v) is 6.97. The third-order valence-corrected chi connectivity index (χ3v) is 2.28. The number of hydrogen-bond acceptors (Lipinski definition) is 3. The van der Waals surface area contributed by atoms with Crippen LogP contribution in [0.2, 0.25) is 0 Å². The first-order valence-corrected chi connectivity index (χ1v) is 6.94. The van der Waals surface area contributed by atoms with Crippen molar-refractivity contribution in [3.63, 3.8) is 0 Å². The van der Waals surface area contributed by atoms with E-state index >= 15 is 0 Å². The lowest BCUT2D eigenvalue weighted by atomic mass is 9.89. The van der Waals surface area contributed by atoms with Gasteiger partial charge in [-0.25, -0.2) is 0 Å². The monoisotopic (exact) mass is 260 g/mol. The maximum atomic E-state index is 6.06. The smallest absolute Gasteiger partial charge is 0.154 e. The van der Waals surface area contributed by atoms with Crippen LogP contribution in [0.25, 0.3) is 0 Å². The van der Waals surface area contributed by atoms with Crippen LogP contribution in [0.1, 0.15) is 61.8 Å². The Labute approximate surface area is 113 Å². The van der Waals surface area contributed by atoms with E-state index in [9.17, 15) is 0 Å². The fourth-order valence-electron chi connectivity index (χ4n) is 1.84. The summed E-state index contributed by atoms with van der Waals surface area (Å²) in [5, 5.41) is 0. The number of rotatable bonds is 7. The highest BCUT2D eigenvalue weighted by Gasteiger charge is 2.25. The van der Waals surface area contributed by atoms with Crippen LogP contribution in [-0.4, -0.2) is 31.2 Å². The zero-order valence-electron chi connectivity index (χ0n) is 13.5. The third kappa shape index (κ3) is 11.0. The molecule has 0 aromatic heterocycles. The highest BCUT2D eigenvalue weighted by atomic mass is 16.7. The fraction of sp³-hybridized carbons (Fsp3) is 1.00. The second-order valence-electron chi connectivity index (χ2n) is 6.97. The van der Waals surface area contributed by atoms with Crippen molar-refractivity contribution >= 4 is 0 Å². The molecule has 3 heteroatoms. The van der Waals surface area contributed by atoms with Crippen molar-refractivity contribution in [2.45, 2.75) is 79.8 Å². The molecule has 3 nitrogen and oxygen atoms in total. The van der Waals surface area contributed by atoms with E-state index in [1.807, 2.05) is 13.8 Å². The molecular weight excluding hydrogens is 228 g/mol. The Morgan fingerprint density at radius 2 is 1.50 bits per heavy atom. The average molecular weight is 260 g/mol. The van der Waals surface area contributed by atoms with Crippen molar-refractivity contribution in [3.05, 3.63) is 0 Å². The minimum atomic E-state index is -0.166. The van der Waals surface area contributed by atoms with Crippen LogP contribution in [0.15, 0.2) is 0 Å². The zero-order valence-corrected chi connectivity index (χ0v) is 13.5. The van der Waals surface area contributed by atoms with E-state index in [2.05, 4.69) is 41.5 Å². The summed E-state index contributed by atoms with van der Waals surface area (Å²) in [5.74, 6) is 0. The van der Waals surface area contributed by atoms with Crippen LogP contribution >= 0.6 is 0 Å². The van der Waals surface area contributed by atoms with E-state index in [4.69, 9.17) is 14.2 Å². The molecule has 0 bridgehead atoms. The Balaban J connectivity index is 4.30. The molecule has 0 aliphatic rings. The lowest BCUT2D eigenvalue weighted by molar-refractivity contribution is -0.171. The van der Waals surface area contributed by atoms with E-state index in [1.54, 1.807) is 0 Å². The molecule has 0 aromatic rings. The lowest BCUT2D eigenvalue weighted by Gasteiger charge is -2.32. The molecule has 0 saturated carbocycles. The van der Waals surface area contributed by atoms with Gasteiger partial charge >= 0.3 is 0 Å². The van der Waals surface area contributed by atoms with Crippen LogP contribution < -0.4 is 0 Å². The normalized spacial score (nSPS) is 16.7. The summed E-state index contributed by atoms with van der Waals surface area (Å²) in [7, 11) is 0. The first kappa shape index (κ1) is 17.9. The summed E-state index contributed by atoms with van der Waals surface area (Å²) in [6.07, 6.45) is 0.914. The zero-order chi connectivity index (χ0) is 14.4. The SMILES string of the molecule is CCOC(C)OCC(CC(C)(C)C)OC(C)(C)C. The maximum Gasteiger partial charge on any atom is 0.154 e. The van der Waals surface area contributed by atoms with Gasteiger partial charge in [0.25, 0.3) is 0 Å². The summed E-state index contributed by atoms with van der Waals surface area (Å²) < 4.78 is 17.1. The molecule has 0 spiro atoms. The molecule has 0 aliphatic carbocycles. The Morgan fingerprint density at radius 3 is 1.89 bits per heavy atom. The molecule has 18 heavy (non-hydrogen) atoms. The molecule has 0 radical (unpaired) electrons. The fourth-order valence-corrected chi connectivity index (χ4v) is 1.84. The molecule has 0 heterocycles. The van der Waals surface area contributed by atoms with E-state index in [1.165, 1.54) is 0 Å². The summed E-state index contributed by atoms with van der Waals surface area (Å²) in [4.78, 5) is 0. The number of hydrogen-bond donors (Lipinski definition) is 0. The molecule has 0 rings (SSSR count). The van der Waals surface area contributed by atoms with Crippen LogP contribution in [0.5, 0.6) is 0 Å². The van der Waals surface area contributed by atoms with Gasteiger partial charge in [-0.2, -0.15) is 0 Å². The first-order valence-electron chi connectivity index (χ1n) is 6.94. The summed E-state index contributed by atoms with van der Waals surface area (Å²) in [5.41, 5.74) is 0.0856. The van der Waals surface area contributed by atoms with Gasteiger partial charge in [0.1, 0.15) is 0 Å².